The molecule has 1 aliphatic heterocycles. The Labute approximate surface area is 90.8 Å². The van der Waals surface area contributed by atoms with Crippen LogP contribution in [0.25, 0.3) is 0 Å². The number of nitrogens with one attached hydrogen (secondary N) is 1. The first-order valence-corrected chi connectivity index (χ1v) is 4.96. The van der Waals surface area contributed by atoms with Gasteiger partial charge in [0.25, 0.3) is 5.91 Å². The Hall–Kier alpha value is -0.850. The van der Waals surface area contributed by atoms with Crippen LogP contribution in [0.5, 0.6) is 0 Å². The Morgan fingerprint density at radius 3 is 2.12 bits per heavy atom. The number of carbonyl (C=O) groups is 1. The summed E-state index contributed by atoms with van der Waals surface area (Å²) >= 11 is 0. The zero-order valence-corrected chi connectivity index (χ0v) is 9.01. The summed E-state index contributed by atoms with van der Waals surface area (Å²) in [5.41, 5.74) is 0. The lowest BCUT2D eigenvalue weighted by Crippen LogP contribution is -2.59. The summed E-state index contributed by atoms with van der Waals surface area (Å²) in [6.07, 6.45) is -3.96. The number of alkyl halides is 4. The number of halogens is 4. The third-order valence-electron chi connectivity index (χ3n) is 2.40. The molecular formula is C9H14F4N2O. The molecule has 0 aromatic heterocycles. The van der Waals surface area contributed by atoms with Crippen LogP contribution in [0.4, 0.5) is 17.6 Å². The molecule has 0 aliphatic carbocycles. The first-order valence-electron chi connectivity index (χ1n) is 4.96. The van der Waals surface area contributed by atoms with Crippen molar-refractivity contribution in [3.8, 4) is 0 Å². The van der Waals surface area contributed by atoms with Gasteiger partial charge in [-0.15, -0.1) is 0 Å². The highest BCUT2D eigenvalue weighted by Gasteiger charge is 2.51. The minimum absolute atomic E-state index is 0.0193. The van der Waals surface area contributed by atoms with Crippen LogP contribution in [-0.2, 0) is 4.79 Å². The quantitative estimate of drug-likeness (QED) is 0.735. The van der Waals surface area contributed by atoms with Crippen molar-refractivity contribution in [2.45, 2.75) is 38.3 Å². The van der Waals surface area contributed by atoms with Gasteiger partial charge in [0.1, 0.15) is 0 Å². The van der Waals surface area contributed by atoms with Crippen LogP contribution in [0, 0.1) is 0 Å². The molecule has 2 unspecified atom stereocenters. The smallest absolute Gasteiger partial charge is 0.334 e. The van der Waals surface area contributed by atoms with E-state index in [2.05, 4.69) is 5.32 Å². The summed E-state index contributed by atoms with van der Waals surface area (Å²) in [5, 5.41) is 3.02. The van der Waals surface area contributed by atoms with E-state index >= 15 is 0 Å². The van der Waals surface area contributed by atoms with Crippen LogP contribution in [0.2, 0.25) is 0 Å². The summed E-state index contributed by atoms with van der Waals surface area (Å²) < 4.78 is 49.6. The number of piperazine rings is 1. The van der Waals surface area contributed by atoms with Crippen molar-refractivity contribution >= 4 is 5.91 Å². The number of rotatable bonds is 2. The first kappa shape index (κ1) is 13.2. The summed E-state index contributed by atoms with van der Waals surface area (Å²) in [6, 6.07) is -0.359. The minimum atomic E-state index is -4.59. The van der Waals surface area contributed by atoms with E-state index in [-0.39, 0.29) is 25.2 Å². The fourth-order valence-electron chi connectivity index (χ4n) is 1.80. The maximum atomic E-state index is 12.8. The average molecular weight is 242 g/mol. The second kappa shape index (κ2) is 4.57. The number of amides is 1. The fraction of sp³-hybridized carbons (Fsp3) is 0.889. The molecule has 0 radical (unpaired) electrons. The lowest BCUT2D eigenvalue weighted by molar-refractivity contribution is -0.182. The molecule has 0 aromatic carbocycles. The average Bonchev–Trinajstić information content (AvgIpc) is 2.14. The first-order chi connectivity index (χ1) is 7.25. The Morgan fingerprint density at radius 1 is 1.31 bits per heavy atom. The lowest BCUT2D eigenvalue weighted by Gasteiger charge is -2.37. The molecule has 1 rings (SSSR count). The van der Waals surface area contributed by atoms with Gasteiger partial charge in [-0.1, -0.05) is 0 Å². The molecule has 3 nitrogen and oxygen atoms in total. The van der Waals surface area contributed by atoms with Gasteiger partial charge in [0, 0.05) is 25.2 Å². The highest BCUT2D eigenvalue weighted by atomic mass is 19.3. The van der Waals surface area contributed by atoms with Gasteiger partial charge >= 0.3 is 12.3 Å². The zero-order chi connectivity index (χ0) is 12.5. The molecule has 2 atom stereocenters. The van der Waals surface area contributed by atoms with Crippen molar-refractivity contribution in [1.29, 1.82) is 0 Å². The largest absolute Gasteiger partial charge is 0.383 e. The molecule has 1 amide bonds. The predicted octanol–water partition coefficient (Wildman–Crippen LogP) is 1.10. The molecule has 1 fully saturated rings. The third-order valence-corrected chi connectivity index (χ3v) is 2.40. The van der Waals surface area contributed by atoms with E-state index in [9.17, 15) is 22.4 Å². The van der Waals surface area contributed by atoms with Gasteiger partial charge in [-0.25, -0.2) is 8.78 Å². The van der Waals surface area contributed by atoms with Crippen molar-refractivity contribution in [1.82, 2.24) is 10.2 Å². The predicted molar refractivity (Wildman–Crippen MR) is 49.6 cm³/mol. The lowest BCUT2D eigenvalue weighted by atomic mass is 10.1. The molecule has 0 spiro atoms. The standard InChI is InChI=1S/C9H14F4N2O/c1-5-3-15(4-6(2)14-5)8(16)9(12,13)7(10)11/h5-7,14H,3-4H2,1-2H3. The third kappa shape index (κ3) is 2.63. The van der Waals surface area contributed by atoms with E-state index in [1.54, 1.807) is 13.8 Å². The second-order valence-corrected chi connectivity index (χ2v) is 4.10. The number of hydrogen-bond acceptors (Lipinski definition) is 2. The van der Waals surface area contributed by atoms with E-state index in [0.29, 0.717) is 0 Å². The van der Waals surface area contributed by atoms with Crippen LogP contribution >= 0.6 is 0 Å². The second-order valence-electron chi connectivity index (χ2n) is 4.10. The van der Waals surface area contributed by atoms with Crippen molar-refractivity contribution in [2.75, 3.05) is 13.1 Å². The summed E-state index contributed by atoms with van der Waals surface area (Å²) in [6.45, 7) is 3.45. The van der Waals surface area contributed by atoms with Gasteiger partial charge in [-0.2, -0.15) is 8.78 Å². The molecule has 16 heavy (non-hydrogen) atoms. The zero-order valence-electron chi connectivity index (χ0n) is 9.01. The summed E-state index contributed by atoms with van der Waals surface area (Å²) in [7, 11) is 0. The van der Waals surface area contributed by atoms with Gasteiger partial charge in [0.15, 0.2) is 0 Å². The monoisotopic (exact) mass is 242 g/mol. The number of hydrogen-bond donors (Lipinski definition) is 1. The Kier molecular flexibility index (Phi) is 3.77. The molecule has 0 aromatic rings. The topological polar surface area (TPSA) is 32.3 Å². The summed E-state index contributed by atoms with van der Waals surface area (Å²) in [4.78, 5) is 12.0. The SMILES string of the molecule is CC1CN(C(=O)C(F)(F)C(F)F)CC(C)N1. The molecule has 7 heteroatoms. The molecule has 1 N–H and O–H groups in total. The van der Waals surface area contributed by atoms with Crippen LogP contribution < -0.4 is 5.32 Å². The molecule has 0 bridgehead atoms. The summed E-state index contributed by atoms with van der Waals surface area (Å²) in [5.74, 6) is -6.38. The van der Waals surface area contributed by atoms with Gasteiger partial charge in [-0.3, -0.25) is 4.79 Å². The molecule has 1 saturated heterocycles. The van der Waals surface area contributed by atoms with E-state index in [1.165, 1.54) is 0 Å². The van der Waals surface area contributed by atoms with Crippen molar-refractivity contribution in [3.05, 3.63) is 0 Å². The van der Waals surface area contributed by atoms with Gasteiger partial charge in [0.05, 0.1) is 0 Å². The van der Waals surface area contributed by atoms with Crippen LogP contribution in [-0.4, -0.2) is 48.3 Å². The maximum absolute atomic E-state index is 12.8. The highest BCUT2D eigenvalue weighted by Crippen LogP contribution is 2.26. The van der Waals surface area contributed by atoms with E-state index in [4.69, 9.17) is 0 Å². The molecule has 94 valence electrons. The van der Waals surface area contributed by atoms with Crippen molar-refractivity contribution in [2.24, 2.45) is 0 Å². The van der Waals surface area contributed by atoms with Gasteiger partial charge < -0.3 is 10.2 Å². The fourth-order valence-corrected chi connectivity index (χ4v) is 1.80. The Bertz CT molecular complexity index is 262. The molecular weight excluding hydrogens is 228 g/mol. The van der Waals surface area contributed by atoms with Crippen molar-refractivity contribution in [3.63, 3.8) is 0 Å². The van der Waals surface area contributed by atoms with Gasteiger partial charge in [0.2, 0.25) is 0 Å². The molecule has 1 heterocycles. The van der Waals surface area contributed by atoms with Crippen LogP contribution in [0.15, 0.2) is 0 Å². The number of carbonyl (C=O) groups excluding carboxylic acids is 1. The van der Waals surface area contributed by atoms with Crippen LogP contribution in [0.1, 0.15) is 13.8 Å². The Morgan fingerprint density at radius 2 is 1.75 bits per heavy atom. The van der Waals surface area contributed by atoms with E-state index in [1.807, 2.05) is 0 Å². The van der Waals surface area contributed by atoms with Gasteiger partial charge in [-0.05, 0) is 13.8 Å². The Balaban J connectivity index is 2.74. The molecule has 0 saturated carbocycles. The minimum Gasteiger partial charge on any atom is -0.334 e. The normalized spacial score (nSPS) is 27.3. The highest BCUT2D eigenvalue weighted by molar-refractivity contribution is 5.84. The van der Waals surface area contributed by atoms with E-state index < -0.39 is 18.3 Å². The number of nitrogens with zero attached hydrogens (tertiary/aromatic N) is 1. The van der Waals surface area contributed by atoms with Crippen molar-refractivity contribution < 1.29 is 22.4 Å². The maximum Gasteiger partial charge on any atom is 0.383 e. The van der Waals surface area contributed by atoms with E-state index in [0.717, 1.165) is 4.90 Å². The van der Waals surface area contributed by atoms with Crippen LogP contribution in [0.3, 0.4) is 0 Å². The molecule has 1 aliphatic rings.